The Labute approximate surface area is 92.7 Å². The maximum absolute atomic E-state index is 10.9. The quantitative estimate of drug-likeness (QED) is 0.644. The van der Waals surface area contributed by atoms with Crippen molar-refractivity contribution in [2.75, 3.05) is 6.61 Å². The lowest BCUT2D eigenvalue weighted by atomic mass is 10.1. The maximum atomic E-state index is 10.9. The molecule has 16 heavy (non-hydrogen) atoms. The predicted molar refractivity (Wildman–Crippen MR) is 56.8 cm³/mol. The van der Waals surface area contributed by atoms with E-state index in [1.54, 1.807) is 24.3 Å². The Kier molecular flexibility index (Phi) is 4.47. The van der Waals surface area contributed by atoms with Crippen LogP contribution in [0.3, 0.4) is 0 Å². The van der Waals surface area contributed by atoms with Crippen LogP contribution in [0.25, 0.3) is 0 Å². The molecule has 1 aromatic rings. The summed E-state index contributed by atoms with van der Waals surface area (Å²) in [6, 6.07) is 7.96. The maximum Gasteiger partial charge on any atom is 0.326 e. The van der Waals surface area contributed by atoms with E-state index in [4.69, 9.17) is 10.2 Å². The number of carboxylic acids is 1. The lowest BCUT2D eigenvalue weighted by Crippen LogP contribution is -2.43. The van der Waals surface area contributed by atoms with Crippen molar-refractivity contribution in [2.24, 2.45) is 0 Å². The van der Waals surface area contributed by atoms with Crippen molar-refractivity contribution in [1.29, 1.82) is 0 Å². The first-order valence-electron chi connectivity index (χ1n) is 4.80. The van der Waals surface area contributed by atoms with Gasteiger partial charge in [-0.3, -0.25) is 4.79 Å². The normalized spacial score (nSPS) is 11.8. The zero-order chi connectivity index (χ0) is 12.0. The molecule has 5 nitrogen and oxygen atoms in total. The first-order chi connectivity index (χ1) is 7.63. The van der Waals surface area contributed by atoms with E-state index in [2.05, 4.69) is 5.32 Å². The van der Waals surface area contributed by atoms with Gasteiger partial charge in [0.2, 0.25) is 5.91 Å². The third-order valence-electron chi connectivity index (χ3n) is 2.06. The molecule has 0 aliphatic heterocycles. The lowest BCUT2D eigenvalue weighted by Gasteiger charge is -2.13. The topological polar surface area (TPSA) is 86.6 Å². The average Bonchev–Trinajstić information content (AvgIpc) is 2.29. The highest BCUT2D eigenvalue weighted by molar-refractivity contribution is 5.84. The van der Waals surface area contributed by atoms with Gasteiger partial charge in [0.1, 0.15) is 12.6 Å². The van der Waals surface area contributed by atoms with Crippen molar-refractivity contribution < 1.29 is 19.8 Å². The molecule has 0 aliphatic carbocycles. The Morgan fingerprint density at radius 1 is 1.25 bits per heavy atom. The van der Waals surface area contributed by atoms with E-state index in [0.717, 1.165) is 5.56 Å². The fourth-order valence-corrected chi connectivity index (χ4v) is 1.29. The molecule has 1 atom stereocenters. The van der Waals surface area contributed by atoms with Gasteiger partial charge in [-0.05, 0) is 5.56 Å². The van der Waals surface area contributed by atoms with Gasteiger partial charge in [-0.15, -0.1) is 0 Å². The third-order valence-corrected chi connectivity index (χ3v) is 2.06. The number of benzene rings is 1. The first-order valence-corrected chi connectivity index (χ1v) is 4.80. The minimum Gasteiger partial charge on any atom is -0.480 e. The average molecular weight is 223 g/mol. The van der Waals surface area contributed by atoms with Crippen molar-refractivity contribution in [1.82, 2.24) is 5.32 Å². The van der Waals surface area contributed by atoms with Crippen LogP contribution < -0.4 is 5.32 Å². The summed E-state index contributed by atoms with van der Waals surface area (Å²) in [6.07, 6.45) is 0.196. The number of hydrogen-bond acceptors (Lipinski definition) is 3. The molecule has 3 N–H and O–H groups in total. The Hall–Kier alpha value is -1.88. The Morgan fingerprint density at radius 2 is 1.88 bits per heavy atom. The highest BCUT2D eigenvalue weighted by atomic mass is 16.4. The van der Waals surface area contributed by atoms with Gasteiger partial charge in [0, 0.05) is 6.42 Å². The van der Waals surface area contributed by atoms with Crippen molar-refractivity contribution in [2.45, 2.75) is 12.5 Å². The van der Waals surface area contributed by atoms with Gasteiger partial charge < -0.3 is 15.5 Å². The summed E-state index contributed by atoms with van der Waals surface area (Å²) >= 11 is 0. The number of nitrogens with one attached hydrogen (secondary N) is 1. The molecule has 86 valence electrons. The molecule has 1 unspecified atom stereocenters. The van der Waals surface area contributed by atoms with E-state index in [1.165, 1.54) is 0 Å². The summed E-state index contributed by atoms with van der Waals surface area (Å²) in [5, 5.41) is 19.6. The monoisotopic (exact) mass is 223 g/mol. The number of carbonyl (C=O) groups is 2. The Bertz CT molecular complexity index is 364. The van der Waals surface area contributed by atoms with Crippen LogP contribution in [0.15, 0.2) is 30.3 Å². The number of aliphatic hydroxyl groups excluding tert-OH is 1. The number of amides is 1. The number of carbonyl (C=O) groups excluding carboxylic acids is 1. The van der Waals surface area contributed by atoms with E-state index in [0.29, 0.717) is 0 Å². The van der Waals surface area contributed by atoms with Gasteiger partial charge in [0.25, 0.3) is 0 Å². The first kappa shape index (κ1) is 12.2. The molecule has 0 saturated heterocycles. The summed E-state index contributed by atoms with van der Waals surface area (Å²) < 4.78 is 0. The number of aliphatic hydroxyl groups is 1. The molecular weight excluding hydrogens is 210 g/mol. The number of aliphatic carboxylic acids is 1. The van der Waals surface area contributed by atoms with Crippen LogP contribution in [-0.4, -0.2) is 34.7 Å². The molecule has 0 aliphatic rings. The summed E-state index contributed by atoms with van der Waals surface area (Å²) in [6.45, 7) is -0.710. The summed E-state index contributed by atoms with van der Waals surface area (Å²) in [5.74, 6) is -1.81. The van der Waals surface area contributed by atoms with Crippen molar-refractivity contribution in [3.63, 3.8) is 0 Å². The van der Waals surface area contributed by atoms with Gasteiger partial charge >= 0.3 is 5.97 Å². The Morgan fingerprint density at radius 3 is 2.38 bits per heavy atom. The third kappa shape index (κ3) is 3.70. The standard InChI is InChI=1S/C11H13NO4/c13-7-10(14)12-9(11(15)16)6-8-4-2-1-3-5-8/h1-5,9,13H,6-7H2,(H,12,14)(H,15,16). The summed E-state index contributed by atoms with van der Waals surface area (Å²) in [5.41, 5.74) is 0.813. The zero-order valence-corrected chi connectivity index (χ0v) is 8.59. The van der Waals surface area contributed by atoms with E-state index in [1.807, 2.05) is 6.07 Å². The molecule has 0 bridgehead atoms. The smallest absolute Gasteiger partial charge is 0.326 e. The van der Waals surface area contributed by atoms with E-state index in [9.17, 15) is 9.59 Å². The van der Waals surface area contributed by atoms with Crippen LogP contribution in [0.4, 0.5) is 0 Å². The second-order valence-corrected chi connectivity index (χ2v) is 3.31. The van der Waals surface area contributed by atoms with Crippen LogP contribution in [0.1, 0.15) is 5.56 Å². The SMILES string of the molecule is O=C(CO)NC(Cc1ccccc1)C(=O)O. The highest BCUT2D eigenvalue weighted by Gasteiger charge is 2.19. The number of rotatable bonds is 5. The molecule has 0 radical (unpaired) electrons. The molecule has 0 aromatic heterocycles. The molecular formula is C11H13NO4. The van der Waals surface area contributed by atoms with Gasteiger partial charge in [0.05, 0.1) is 0 Å². The molecule has 1 amide bonds. The fourth-order valence-electron chi connectivity index (χ4n) is 1.29. The number of carboxylic acid groups (broad SMARTS) is 1. The van der Waals surface area contributed by atoms with Gasteiger partial charge in [-0.25, -0.2) is 4.79 Å². The van der Waals surface area contributed by atoms with Crippen molar-refractivity contribution in [3.8, 4) is 0 Å². The molecule has 1 rings (SSSR count). The zero-order valence-electron chi connectivity index (χ0n) is 8.59. The van der Waals surface area contributed by atoms with E-state index < -0.39 is 24.5 Å². The summed E-state index contributed by atoms with van der Waals surface area (Å²) in [4.78, 5) is 21.8. The van der Waals surface area contributed by atoms with Crippen LogP contribution in [0, 0.1) is 0 Å². The minimum atomic E-state index is -1.12. The van der Waals surface area contributed by atoms with Crippen molar-refractivity contribution in [3.05, 3.63) is 35.9 Å². The molecule has 0 fully saturated rings. The minimum absolute atomic E-state index is 0.196. The second-order valence-electron chi connectivity index (χ2n) is 3.31. The van der Waals surface area contributed by atoms with Gasteiger partial charge in [-0.2, -0.15) is 0 Å². The van der Waals surface area contributed by atoms with E-state index >= 15 is 0 Å². The van der Waals surface area contributed by atoms with Crippen LogP contribution in [0.2, 0.25) is 0 Å². The van der Waals surface area contributed by atoms with Crippen molar-refractivity contribution >= 4 is 11.9 Å². The largest absolute Gasteiger partial charge is 0.480 e. The van der Waals surface area contributed by atoms with Crippen LogP contribution >= 0.6 is 0 Å². The summed E-state index contributed by atoms with van der Waals surface area (Å²) in [7, 11) is 0. The number of hydrogen-bond donors (Lipinski definition) is 3. The molecule has 0 heterocycles. The van der Waals surface area contributed by atoms with Gasteiger partial charge in [0.15, 0.2) is 0 Å². The second kappa shape index (κ2) is 5.87. The van der Waals surface area contributed by atoms with Crippen LogP contribution in [0.5, 0.6) is 0 Å². The van der Waals surface area contributed by atoms with E-state index in [-0.39, 0.29) is 6.42 Å². The molecule has 5 heteroatoms. The lowest BCUT2D eigenvalue weighted by molar-refractivity contribution is -0.142. The predicted octanol–water partition coefficient (Wildman–Crippen LogP) is -0.209. The van der Waals surface area contributed by atoms with Crippen LogP contribution in [-0.2, 0) is 16.0 Å². The molecule has 0 spiro atoms. The highest BCUT2D eigenvalue weighted by Crippen LogP contribution is 2.03. The fraction of sp³-hybridized carbons (Fsp3) is 0.273. The Balaban J connectivity index is 2.65. The molecule has 0 saturated carbocycles. The molecule has 1 aromatic carbocycles. The van der Waals surface area contributed by atoms with Gasteiger partial charge in [-0.1, -0.05) is 30.3 Å².